The van der Waals surface area contributed by atoms with Crippen LogP contribution in [-0.4, -0.2) is 23.3 Å². The molecule has 5 nitrogen and oxygen atoms in total. The highest BCUT2D eigenvalue weighted by Gasteiger charge is 2.24. The number of amides is 1. The molecule has 1 aliphatic heterocycles. The number of phenols is 1. The first-order valence-corrected chi connectivity index (χ1v) is 9.48. The first-order chi connectivity index (χ1) is 12.4. The van der Waals surface area contributed by atoms with Crippen LogP contribution in [0.1, 0.15) is 11.1 Å². The molecule has 0 aliphatic carbocycles. The molecule has 134 valence electrons. The molecule has 1 heterocycles. The lowest BCUT2D eigenvalue weighted by atomic mass is 10.2. The molecule has 0 unspecified atom stereocenters. The smallest absolute Gasteiger partial charge is 0.264 e. The summed E-state index contributed by atoms with van der Waals surface area (Å²) in [6, 6.07) is 8.81. The minimum Gasteiger partial charge on any atom is -0.503 e. The number of ether oxygens (including phenoxy) is 1. The minimum atomic E-state index is -0.241. The highest BCUT2D eigenvalue weighted by atomic mass is 79.9. The second-order valence-corrected chi connectivity index (χ2v) is 7.76. The number of carbonyl (C=O) groups is 1. The van der Waals surface area contributed by atoms with Gasteiger partial charge in [-0.2, -0.15) is 0 Å². The first kappa shape index (κ1) is 18.8. The Hall–Kier alpha value is -1.96. The van der Waals surface area contributed by atoms with Crippen LogP contribution < -0.4 is 10.1 Å². The number of benzene rings is 2. The Kier molecular flexibility index (Phi) is 5.60. The van der Waals surface area contributed by atoms with Crippen LogP contribution in [0.4, 0.5) is 5.69 Å². The van der Waals surface area contributed by atoms with Gasteiger partial charge in [0.05, 0.1) is 22.2 Å². The highest BCUT2D eigenvalue weighted by Crippen LogP contribution is 2.37. The number of halogens is 2. The van der Waals surface area contributed by atoms with E-state index >= 15 is 0 Å². The average Bonchev–Trinajstić information content (AvgIpc) is 2.93. The van der Waals surface area contributed by atoms with Gasteiger partial charge in [0.15, 0.2) is 16.7 Å². The van der Waals surface area contributed by atoms with Gasteiger partial charge in [-0.15, -0.1) is 0 Å². The summed E-state index contributed by atoms with van der Waals surface area (Å²) in [7, 11) is 1.47. The van der Waals surface area contributed by atoms with Gasteiger partial charge in [-0.25, -0.2) is 4.99 Å². The van der Waals surface area contributed by atoms with Crippen molar-refractivity contribution in [3.63, 3.8) is 0 Å². The first-order valence-electron chi connectivity index (χ1n) is 7.49. The number of aryl methyl sites for hydroxylation is 1. The molecule has 8 heteroatoms. The number of phenolic OH excluding ortho intramolecular Hbond substituents is 1. The molecule has 0 aromatic heterocycles. The second kappa shape index (κ2) is 7.73. The van der Waals surface area contributed by atoms with Crippen molar-refractivity contribution in [3.05, 3.63) is 55.9 Å². The number of rotatable bonds is 3. The van der Waals surface area contributed by atoms with Crippen molar-refractivity contribution in [2.24, 2.45) is 4.99 Å². The molecular weight excluding hydrogens is 440 g/mol. The van der Waals surface area contributed by atoms with Crippen LogP contribution in [0.2, 0.25) is 5.02 Å². The molecule has 0 spiro atoms. The van der Waals surface area contributed by atoms with Crippen LogP contribution in [0.5, 0.6) is 11.5 Å². The van der Waals surface area contributed by atoms with E-state index in [1.165, 1.54) is 18.9 Å². The third-order valence-corrected chi connectivity index (χ3v) is 5.53. The number of hydrogen-bond donors (Lipinski definition) is 2. The van der Waals surface area contributed by atoms with E-state index in [9.17, 15) is 9.90 Å². The van der Waals surface area contributed by atoms with Gasteiger partial charge in [0.25, 0.3) is 5.91 Å². The molecule has 0 saturated carbocycles. The second-order valence-electron chi connectivity index (χ2n) is 5.47. The Morgan fingerprint density at radius 3 is 2.81 bits per heavy atom. The lowest BCUT2D eigenvalue weighted by molar-refractivity contribution is -0.115. The number of amidine groups is 1. The number of hydrogen-bond acceptors (Lipinski definition) is 5. The topological polar surface area (TPSA) is 70.9 Å². The van der Waals surface area contributed by atoms with E-state index in [0.29, 0.717) is 36.6 Å². The Balaban J connectivity index is 1.88. The van der Waals surface area contributed by atoms with Gasteiger partial charge in [0, 0.05) is 5.02 Å². The van der Waals surface area contributed by atoms with Crippen molar-refractivity contribution in [2.45, 2.75) is 6.92 Å². The lowest BCUT2D eigenvalue weighted by Crippen LogP contribution is -2.19. The molecule has 1 amide bonds. The van der Waals surface area contributed by atoms with Crippen molar-refractivity contribution < 1.29 is 14.6 Å². The van der Waals surface area contributed by atoms with Crippen LogP contribution in [0.3, 0.4) is 0 Å². The molecular formula is C18H14BrClN2O3S. The summed E-state index contributed by atoms with van der Waals surface area (Å²) in [5, 5.41) is 13.7. The standard InChI is InChI=1S/C18H14BrClN2O3S/c1-9-3-4-11(8-13(9)20)21-18-22-17(24)15(26-18)7-10-5-12(19)16(23)14(6-10)25-2/h3-8,23H,1-2H3,(H,21,22,24)/b15-7-. The van der Waals surface area contributed by atoms with Crippen molar-refractivity contribution in [1.82, 2.24) is 5.32 Å². The van der Waals surface area contributed by atoms with Gasteiger partial charge < -0.3 is 15.2 Å². The fourth-order valence-corrected chi connectivity index (χ4v) is 3.71. The molecule has 0 atom stereocenters. The molecule has 1 fully saturated rings. The highest BCUT2D eigenvalue weighted by molar-refractivity contribution is 9.10. The number of carbonyl (C=O) groups excluding carboxylic acids is 1. The maximum atomic E-state index is 12.2. The molecule has 2 aromatic carbocycles. The maximum Gasteiger partial charge on any atom is 0.264 e. The van der Waals surface area contributed by atoms with Crippen molar-refractivity contribution >= 4 is 62.1 Å². The van der Waals surface area contributed by atoms with Gasteiger partial charge in [-0.05, 0) is 76.1 Å². The van der Waals surface area contributed by atoms with Gasteiger partial charge in [-0.3, -0.25) is 4.79 Å². The number of nitrogens with one attached hydrogen (secondary N) is 1. The molecule has 0 bridgehead atoms. The van der Waals surface area contributed by atoms with Crippen LogP contribution in [0.15, 0.2) is 44.7 Å². The molecule has 1 aliphatic rings. The SMILES string of the molecule is COc1cc(/C=C2\SC(=Nc3ccc(C)c(Cl)c3)NC2=O)cc(Br)c1O. The number of nitrogens with zero attached hydrogens (tertiary/aromatic N) is 1. The molecule has 0 radical (unpaired) electrons. The monoisotopic (exact) mass is 452 g/mol. The lowest BCUT2D eigenvalue weighted by Gasteiger charge is -2.06. The molecule has 2 aromatic rings. The zero-order valence-corrected chi connectivity index (χ0v) is 17.0. The Morgan fingerprint density at radius 2 is 2.12 bits per heavy atom. The van der Waals surface area contributed by atoms with E-state index < -0.39 is 0 Å². The van der Waals surface area contributed by atoms with Gasteiger partial charge >= 0.3 is 0 Å². The summed E-state index contributed by atoms with van der Waals surface area (Å²) in [5.41, 5.74) is 2.34. The van der Waals surface area contributed by atoms with Crippen LogP contribution in [0.25, 0.3) is 6.08 Å². The summed E-state index contributed by atoms with van der Waals surface area (Å²) >= 11 is 10.6. The van der Waals surface area contributed by atoms with Crippen LogP contribution in [-0.2, 0) is 4.79 Å². The Labute approximate surface area is 168 Å². The zero-order chi connectivity index (χ0) is 18.8. The third kappa shape index (κ3) is 4.06. The van der Waals surface area contributed by atoms with Crippen molar-refractivity contribution in [1.29, 1.82) is 0 Å². The van der Waals surface area contributed by atoms with Crippen molar-refractivity contribution in [2.75, 3.05) is 7.11 Å². The average molecular weight is 454 g/mol. The summed E-state index contributed by atoms with van der Waals surface area (Å²) in [5.74, 6) is 0.0876. The number of aromatic hydroxyl groups is 1. The molecule has 26 heavy (non-hydrogen) atoms. The normalized spacial score (nSPS) is 17.0. The minimum absolute atomic E-state index is 0.0108. The summed E-state index contributed by atoms with van der Waals surface area (Å²) < 4.78 is 5.61. The van der Waals surface area contributed by atoms with E-state index in [4.69, 9.17) is 16.3 Å². The Morgan fingerprint density at radius 1 is 1.35 bits per heavy atom. The molecule has 1 saturated heterocycles. The van der Waals surface area contributed by atoms with E-state index in [-0.39, 0.29) is 11.7 Å². The maximum absolute atomic E-state index is 12.2. The van der Waals surface area contributed by atoms with Gasteiger partial charge in [-0.1, -0.05) is 17.7 Å². The number of methoxy groups -OCH3 is 1. The fourth-order valence-electron chi connectivity index (χ4n) is 2.23. The largest absolute Gasteiger partial charge is 0.503 e. The molecule has 2 N–H and O–H groups in total. The number of thioether (sulfide) groups is 1. The van der Waals surface area contributed by atoms with Gasteiger partial charge in [0.2, 0.25) is 0 Å². The van der Waals surface area contributed by atoms with E-state index in [2.05, 4.69) is 26.2 Å². The van der Waals surface area contributed by atoms with Crippen molar-refractivity contribution in [3.8, 4) is 11.5 Å². The predicted octanol–water partition coefficient (Wildman–Crippen LogP) is 5.02. The fraction of sp³-hybridized carbons (Fsp3) is 0.111. The van der Waals surface area contributed by atoms with E-state index in [0.717, 1.165) is 5.56 Å². The van der Waals surface area contributed by atoms with Crippen LogP contribution >= 0.6 is 39.3 Å². The van der Waals surface area contributed by atoms with Gasteiger partial charge in [0.1, 0.15) is 0 Å². The zero-order valence-electron chi connectivity index (χ0n) is 13.8. The van der Waals surface area contributed by atoms with E-state index in [1.807, 2.05) is 19.1 Å². The predicted molar refractivity (Wildman–Crippen MR) is 109 cm³/mol. The summed E-state index contributed by atoms with van der Waals surface area (Å²) in [6.45, 7) is 1.91. The summed E-state index contributed by atoms with van der Waals surface area (Å²) in [4.78, 5) is 17.1. The molecule has 3 rings (SSSR count). The Bertz CT molecular complexity index is 960. The van der Waals surface area contributed by atoms with E-state index in [1.54, 1.807) is 24.3 Å². The quantitative estimate of drug-likeness (QED) is 0.640. The third-order valence-electron chi connectivity index (χ3n) is 3.61. The van der Waals surface area contributed by atoms with Crippen LogP contribution in [0, 0.1) is 6.92 Å². The summed E-state index contributed by atoms with van der Waals surface area (Å²) in [6.07, 6.45) is 1.71. The number of aliphatic imine (C=N–C) groups is 1.